The molecule has 0 aliphatic heterocycles. The summed E-state index contributed by atoms with van der Waals surface area (Å²) in [7, 11) is 0. The largest absolute Gasteiger partial charge is 0.0777 e. The number of rotatable bonds is 1. The highest BCUT2D eigenvalue weighted by molar-refractivity contribution is 14.1. The number of halogens is 1. The van der Waals surface area contributed by atoms with Gasteiger partial charge in [-0.3, -0.25) is 0 Å². The molecule has 0 spiro atoms. The van der Waals surface area contributed by atoms with E-state index < -0.39 is 0 Å². The van der Waals surface area contributed by atoms with E-state index in [0.717, 1.165) is 0 Å². The second-order valence-electron chi connectivity index (χ2n) is 2.53. The SMILES string of the molecule is Cc1ccc(C(C)I)cc1. The molecule has 0 saturated heterocycles. The minimum absolute atomic E-state index is 0.623. The van der Waals surface area contributed by atoms with E-state index >= 15 is 0 Å². The van der Waals surface area contributed by atoms with Gasteiger partial charge in [-0.05, 0) is 19.4 Å². The first-order valence-electron chi connectivity index (χ1n) is 3.41. The first-order chi connectivity index (χ1) is 4.70. The molecule has 1 heteroatoms. The third-order valence-electron chi connectivity index (χ3n) is 1.54. The van der Waals surface area contributed by atoms with E-state index in [9.17, 15) is 0 Å². The summed E-state index contributed by atoms with van der Waals surface area (Å²) >= 11 is 2.42. The predicted octanol–water partition coefficient (Wildman–Crippen LogP) is 3.49. The zero-order chi connectivity index (χ0) is 7.56. The van der Waals surface area contributed by atoms with Gasteiger partial charge in [-0.15, -0.1) is 0 Å². The average molecular weight is 246 g/mol. The van der Waals surface area contributed by atoms with Gasteiger partial charge in [0.15, 0.2) is 0 Å². The molecule has 1 atom stereocenters. The van der Waals surface area contributed by atoms with Crippen molar-refractivity contribution in [3.63, 3.8) is 0 Å². The number of aryl methyl sites for hydroxylation is 1. The molecule has 0 nitrogen and oxygen atoms in total. The van der Waals surface area contributed by atoms with Crippen molar-refractivity contribution in [2.24, 2.45) is 0 Å². The molecule has 54 valence electrons. The molecule has 0 aromatic heterocycles. The van der Waals surface area contributed by atoms with Gasteiger partial charge >= 0.3 is 0 Å². The van der Waals surface area contributed by atoms with E-state index in [-0.39, 0.29) is 0 Å². The maximum Gasteiger partial charge on any atom is 0.0331 e. The Morgan fingerprint density at radius 1 is 1.20 bits per heavy atom. The summed E-state index contributed by atoms with van der Waals surface area (Å²) in [6, 6.07) is 8.69. The Morgan fingerprint density at radius 3 is 2.10 bits per heavy atom. The van der Waals surface area contributed by atoms with Gasteiger partial charge in [-0.1, -0.05) is 52.4 Å². The fourth-order valence-electron chi connectivity index (χ4n) is 0.832. The lowest BCUT2D eigenvalue weighted by Gasteiger charge is -2.02. The fourth-order valence-corrected chi connectivity index (χ4v) is 1.25. The van der Waals surface area contributed by atoms with Gasteiger partial charge in [0.05, 0.1) is 0 Å². The maximum absolute atomic E-state index is 2.42. The molecule has 0 saturated carbocycles. The van der Waals surface area contributed by atoms with Crippen molar-refractivity contribution in [3.05, 3.63) is 35.4 Å². The van der Waals surface area contributed by atoms with Gasteiger partial charge < -0.3 is 0 Å². The lowest BCUT2D eigenvalue weighted by molar-refractivity contribution is 1.14. The standard InChI is InChI=1S/C9H11I/c1-7-3-5-9(6-4-7)8(2)10/h3-6,8H,1-2H3. The van der Waals surface area contributed by atoms with Crippen molar-refractivity contribution in [1.82, 2.24) is 0 Å². The molecule has 1 rings (SSSR count). The summed E-state index contributed by atoms with van der Waals surface area (Å²) in [5, 5.41) is 0. The van der Waals surface area contributed by atoms with Gasteiger partial charge in [0.2, 0.25) is 0 Å². The van der Waals surface area contributed by atoms with E-state index in [0.29, 0.717) is 3.92 Å². The summed E-state index contributed by atoms with van der Waals surface area (Å²) in [6.07, 6.45) is 0. The Hall–Kier alpha value is -0.0500. The summed E-state index contributed by atoms with van der Waals surface area (Å²) in [6.45, 7) is 4.31. The first-order valence-corrected chi connectivity index (χ1v) is 4.65. The van der Waals surface area contributed by atoms with Crippen molar-refractivity contribution in [3.8, 4) is 0 Å². The predicted molar refractivity (Wildman–Crippen MR) is 53.6 cm³/mol. The molecular weight excluding hydrogens is 235 g/mol. The second kappa shape index (κ2) is 3.37. The molecule has 0 aliphatic carbocycles. The van der Waals surface area contributed by atoms with Crippen LogP contribution in [0, 0.1) is 6.92 Å². The smallest absolute Gasteiger partial charge is 0.0331 e. The summed E-state index contributed by atoms with van der Waals surface area (Å²) in [5.74, 6) is 0. The van der Waals surface area contributed by atoms with E-state index in [2.05, 4.69) is 60.7 Å². The Morgan fingerprint density at radius 2 is 1.70 bits per heavy atom. The van der Waals surface area contributed by atoms with Crippen LogP contribution in [0.5, 0.6) is 0 Å². The molecule has 0 amide bonds. The molecule has 0 radical (unpaired) electrons. The van der Waals surface area contributed by atoms with Crippen LogP contribution in [-0.4, -0.2) is 0 Å². The van der Waals surface area contributed by atoms with E-state index in [4.69, 9.17) is 0 Å². The Bertz CT molecular complexity index is 198. The van der Waals surface area contributed by atoms with Crippen molar-refractivity contribution >= 4 is 22.6 Å². The number of alkyl halides is 1. The summed E-state index contributed by atoms with van der Waals surface area (Å²) in [5.41, 5.74) is 2.74. The summed E-state index contributed by atoms with van der Waals surface area (Å²) in [4.78, 5) is 0. The topological polar surface area (TPSA) is 0 Å². The highest BCUT2D eigenvalue weighted by Crippen LogP contribution is 2.21. The third kappa shape index (κ3) is 1.97. The Labute approximate surface area is 75.8 Å². The quantitative estimate of drug-likeness (QED) is 0.525. The van der Waals surface area contributed by atoms with Crippen LogP contribution in [0.2, 0.25) is 0 Å². The van der Waals surface area contributed by atoms with Crippen molar-refractivity contribution in [1.29, 1.82) is 0 Å². The molecule has 0 aliphatic rings. The van der Waals surface area contributed by atoms with Gasteiger partial charge in [0.25, 0.3) is 0 Å². The number of benzene rings is 1. The van der Waals surface area contributed by atoms with Crippen LogP contribution in [0.4, 0.5) is 0 Å². The van der Waals surface area contributed by atoms with Crippen molar-refractivity contribution in [2.75, 3.05) is 0 Å². The van der Waals surface area contributed by atoms with Gasteiger partial charge in [0, 0.05) is 3.92 Å². The van der Waals surface area contributed by atoms with E-state index in [1.165, 1.54) is 11.1 Å². The zero-order valence-electron chi connectivity index (χ0n) is 6.26. The Balaban J connectivity index is 2.89. The normalized spacial score (nSPS) is 13.1. The molecule has 0 N–H and O–H groups in total. The monoisotopic (exact) mass is 246 g/mol. The number of hydrogen-bond acceptors (Lipinski definition) is 0. The molecule has 1 aromatic rings. The molecule has 0 fully saturated rings. The van der Waals surface area contributed by atoms with Crippen LogP contribution >= 0.6 is 22.6 Å². The average Bonchev–Trinajstić information content (AvgIpc) is 1.88. The van der Waals surface area contributed by atoms with Crippen LogP contribution in [-0.2, 0) is 0 Å². The molecule has 1 aromatic carbocycles. The zero-order valence-corrected chi connectivity index (χ0v) is 8.42. The minimum Gasteiger partial charge on any atom is -0.0777 e. The van der Waals surface area contributed by atoms with Crippen LogP contribution in [0.25, 0.3) is 0 Å². The summed E-state index contributed by atoms with van der Waals surface area (Å²) < 4.78 is 0.623. The van der Waals surface area contributed by atoms with Gasteiger partial charge in [-0.25, -0.2) is 0 Å². The third-order valence-corrected chi connectivity index (χ3v) is 2.26. The van der Waals surface area contributed by atoms with Gasteiger partial charge in [0.1, 0.15) is 0 Å². The van der Waals surface area contributed by atoms with Crippen molar-refractivity contribution < 1.29 is 0 Å². The number of hydrogen-bond donors (Lipinski definition) is 0. The van der Waals surface area contributed by atoms with Crippen LogP contribution in [0.3, 0.4) is 0 Å². The van der Waals surface area contributed by atoms with Gasteiger partial charge in [-0.2, -0.15) is 0 Å². The van der Waals surface area contributed by atoms with E-state index in [1.807, 2.05) is 0 Å². The minimum atomic E-state index is 0.623. The Kier molecular flexibility index (Phi) is 2.72. The molecule has 1 unspecified atom stereocenters. The molecule has 0 heterocycles. The maximum atomic E-state index is 2.42. The lowest BCUT2D eigenvalue weighted by atomic mass is 10.1. The lowest BCUT2D eigenvalue weighted by Crippen LogP contribution is -1.81. The van der Waals surface area contributed by atoms with Crippen LogP contribution in [0.1, 0.15) is 22.0 Å². The second-order valence-corrected chi connectivity index (χ2v) is 4.40. The fraction of sp³-hybridized carbons (Fsp3) is 0.333. The first kappa shape index (κ1) is 8.05. The van der Waals surface area contributed by atoms with Crippen LogP contribution < -0.4 is 0 Å². The molecular formula is C9H11I. The van der Waals surface area contributed by atoms with Crippen molar-refractivity contribution in [2.45, 2.75) is 17.8 Å². The molecule has 10 heavy (non-hydrogen) atoms. The highest BCUT2D eigenvalue weighted by Gasteiger charge is 1.97. The van der Waals surface area contributed by atoms with E-state index in [1.54, 1.807) is 0 Å². The van der Waals surface area contributed by atoms with Crippen LogP contribution in [0.15, 0.2) is 24.3 Å². The molecule has 0 bridgehead atoms. The highest BCUT2D eigenvalue weighted by atomic mass is 127.